The van der Waals surface area contributed by atoms with Crippen molar-refractivity contribution in [3.63, 3.8) is 0 Å². The van der Waals surface area contributed by atoms with Crippen LogP contribution < -0.4 is 4.90 Å². The number of aromatic nitrogens is 2. The molecule has 0 aliphatic carbocycles. The van der Waals surface area contributed by atoms with E-state index >= 15 is 0 Å². The minimum atomic E-state index is -0.156. The van der Waals surface area contributed by atoms with Gasteiger partial charge < -0.3 is 9.47 Å². The number of pyridine rings is 1. The first-order valence-electron chi connectivity index (χ1n) is 16.6. The Hall–Kier alpha value is -6.44. The van der Waals surface area contributed by atoms with E-state index < -0.39 is 0 Å². The first kappa shape index (κ1) is 28.8. The molecule has 3 heterocycles. The molecule has 0 spiro atoms. The Balaban J connectivity index is 1.33. The Morgan fingerprint density at radius 1 is 0.551 bits per heavy atom. The Kier molecular flexibility index (Phi) is 6.50. The van der Waals surface area contributed by atoms with E-state index in [9.17, 15) is 5.26 Å². The summed E-state index contributed by atoms with van der Waals surface area (Å²) in [5.41, 5.74) is 14.1. The molecule has 0 saturated heterocycles. The van der Waals surface area contributed by atoms with Crippen molar-refractivity contribution < 1.29 is 0 Å². The van der Waals surface area contributed by atoms with Gasteiger partial charge in [-0.05, 0) is 94.0 Å². The topological polar surface area (TPSA) is 44.9 Å². The molecule has 2 aromatic heterocycles. The molecule has 4 heteroatoms. The summed E-state index contributed by atoms with van der Waals surface area (Å²) in [4.78, 5) is 6.93. The van der Waals surface area contributed by atoms with Crippen LogP contribution in [0, 0.1) is 11.3 Å². The van der Waals surface area contributed by atoms with Crippen LogP contribution in [0.4, 0.5) is 17.1 Å². The second-order valence-electron chi connectivity index (χ2n) is 13.3. The maximum Gasteiger partial charge on any atom is 0.0991 e. The van der Waals surface area contributed by atoms with Crippen LogP contribution in [-0.4, -0.2) is 9.55 Å². The minimum Gasteiger partial charge on any atom is -0.310 e. The lowest BCUT2D eigenvalue weighted by Gasteiger charge is -2.42. The Labute approximate surface area is 285 Å². The molecule has 0 unspecified atom stereocenters. The van der Waals surface area contributed by atoms with Crippen LogP contribution in [0.3, 0.4) is 0 Å². The number of anilines is 3. The van der Waals surface area contributed by atoms with Gasteiger partial charge in [0.1, 0.15) is 0 Å². The van der Waals surface area contributed by atoms with Crippen molar-refractivity contribution in [2.75, 3.05) is 4.90 Å². The van der Waals surface area contributed by atoms with Crippen molar-refractivity contribution in [2.45, 2.75) is 19.3 Å². The van der Waals surface area contributed by atoms with Crippen molar-refractivity contribution in [1.82, 2.24) is 9.55 Å². The Morgan fingerprint density at radius 2 is 1.16 bits per heavy atom. The van der Waals surface area contributed by atoms with Crippen molar-refractivity contribution in [3.8, 4) is 34.0 Å². The highest BCUT2D eigenvalue weighted by Gasteiger charge is 2.36. The lowest BCUT2D eigenvalue weighted by Crippen LogP contribution is -2.30. The normalized spacial score (nSPS) is 13.2. The van der Waals surface area contributed by atoms with Crippen molar-refractivity contribution in [3.05, 3.63) is 175 Å². The largest absolute Gasteiger partial charge is 0.310 e. The highest BCUT2D eigenvalue weighted by molar-refractivity contribution is 6.09. The predicted molar refractivity (Wildman–Crippen MR) is 201 cm³/mol. The number of hydrogen-bond donors (Lipinski definition) is 0. The van der Waals surface area contributed by atoms with Crippen molar-refractivity contribution in [2.24, 2.45) is 0 Å². The molecule has 0 atom stereocenters. The van der Waals surface area contributed by atoms with E-state index in [4.69, 9.17) is 0 Å². The van der Waals surface area contributed by atoms with Gasteiger partial charge in [0.05, 0.1) is 34.0 Å². The molecule has 4 nitrogen and oxygen atoms in total. The molecule has 6 aromatic carbocycles. The van der Waals surface area contributed by atoms with Gasteiger partial charge in [0.25, 0.3) is 0 Å². The predicted octanol–water partition coefficient (Wildman–Crippen LogP) is 11.5. The van der Waals surface area contributed by atoms with Gasteiger partial charge >= 0.3 is 0 Å². The summed E-state index contributed by atoms with van der Waals surface area (Å²) in [6.45, 7) is 4.64. The zero-order chi connectivity index (χ0) is 33.1. The second kappa shape index (κ2) is 11.1. The van der Waals surface area contributed by atoms with E-state index in [-0.39, 0.29) is 5.41 Å². The van der Waals surface area contributed by atoms with Gasteiger partial charge in [-0.3, -0.25) is 4.98 Å². The average molecular weight is 629 g/mol. The van der Waals surface area contributed by atoms with Gasteiger partial charge in [-0.25, -0.2) is 0 Å². The van der Waals surface area contributed by atoms with Crippen LogP contribution in [0.1, 0.15) is 30.5 Å². The second-order valence-corrected chi connectivity index (χ2v) is 13.3. The summed E-state index contributed by atoms with van der Waals surface area (Å²) in [5, 5.41) is 11.9. The minimum absolute atomic E-state index is 0.156. The Bertz CT molecular complexity index is 2520. The van der Waals surface area contributed by atoms with Gasteiger partial charge in [0.2, 0.25) is 0 Å². The van der Waals surface area contributed by atoms with Crippen LogP contribution in [0.5, 0.6) is 0 Å². The number of hydrogen-bond acceptors (Lipinski definition) is 3. The average Bonchev–Trinajstić information content (AvgIpc) is 3.49. The van der Waals surface area contributed by atoms with Crippen LogP contribution in [-0.2, 0) is 5.41 Å². The quantitative estimate of drug-likeness (QED) is 0.195. The fourth-order valence-corrected chi connectivity index (χ4v) is 7.71. The SMILES string of the molecule is CC1(C)c2ccccc2N(c2cc(-c3cccc(-c4cccc(C#N)c4)c3)cc(-n3c4ccccc4c4cnccc43)c2)c2ccccc21. The lowest BCUT2D eigenvalue weighted by molar-refractivity contribution is 0.632. The van der Waals surface area contributed by atoms with Gasteiger partial charge in [-0.2, -0.15) is 5.26 Å². The number of nitriles is 1. The van der Waals surface area contributed by atoms with Crippen LogP contribution in [0.2, 0.25) is 0 Å². The summed E-state index contributed by atoms with van der Waals surface area (Å²) in [6.07, 6.45) is 3.84. The van der Waals surface area contributed by atoms with Gasteiger partial charge in [0, 0.05) is 40.0 Å². The number of benzene rings is 6. The fraction of sp³-hybridized carbons (Fsp3) is 0.0667. The molecule has 1 aliphatic rings. The smallest absolute Gasteiger partial charge is 0.0991 e. The maximum atomic E-state index is 9.58. The van der Waals surface area contributed by atoms with Crippen LogP contribution in [0.15, 0.2) is 158 Å². The third-order valence-corrected chi connectivity index (χ3v) is 10.1. The fourth-order valence-electron chi connectivity index (χ4n) is 7.71. The zero-order valence-electron chi connectivity index (χ0n) is 27.3. The van der Waals surface area contributed by atoms with Crippen molar-refractivity contribution in [1.29, 1.82) is 5.26 Å². The molecule has 8 aromatic rings. The third-order valence-electron chi connectivity index (χ3n) is 10.1. The first-order valence-corrected chi connectivity index (χ1v) is 16.6. The lowest BCUT2D eigenvalue weighted by atomic mass is 9.73. The molecule has 0 amide bonds. The molecule has 0 bridgehead atoms. The maximum absolute atomic E-state index is 9.58. The van der Waals surface area contributed by atoms with E-state index in [2.05, 4.69) is 162 Å². The molecule has 49 heavy (non-hydrogen) atoms. The molecule has 0 N–H and O–H groups in total. The Morgan fingerprint density at radius 3 is 1.92 bits per heavy atom. The molecule has 0 fully saturated rings. The van der Waals surface area contributed by atoms with Crippen molar-refractivity contribution >= 4 is 38.9 Å². The van der Waals surface area contributed by atoms with E-state index in [1.807, 2.05) is 30.6 Å². The number of para-hydroxylation sites is 3. The molecular weight excluding hydrogens is 597 g/mol. The zero-order valence-corrected chi connectivity index (χ0v) is 27.3. The standard InChI is InChI=1S/C45H32N4/c1-45(2)39-16-4-7-19-43(39)49(44-20-8-5-17-40(44)45)36-26-34(33-14-10-13-32(24-33)31-12-9-11-30(23-31)28-46)25-35(27-36)48-41-18-6-3-15-37(41)38-29-47-22-21-42(38)48/h3-27,29H,1-2H3. The van der Waals surface area contributed by atoms with Crippen LogP contribution in [0.25, 0.3) is 49.7 Å². The summed E-state index contributed by atoms with van der Waals surface area (Å²) in [7, 11) is 0. The van der Waals surface area contributed by atoms with E-state index in [0.717, 1.165) is 50.0 Å². The number of rotatable bonds is 4. The van der Waals surface area contributed by atoms with E-state index in [1.165, 1.54) is 27.9 Å². The number of nitrogens with zero attached hydrogens (tertiary/aromatic N) is 4. The van der Waals surface area contributed by atoms with Gasteiger partial charge in [0.15, 0.2) is 0 Å². The molecule has 0 radical (unpaired) electrons. The molecule has 9 rings (SSSR count). The van der Waals surface area contributed by atoms with Gasteiger partial charge in [-0.15, -0.1) is 0 Å². The number of fused-ring (bicyclic) bond motifs is 5. The highest BCUT2D eigenvalue weighted by atomic mass is 15.2. The highest BCUT2D eigenvalue weighted by Crippen LogP contribution is 2.52. The first-order chi connectivity index (χ1) is 24.0. The molecule has 1 aliphatic heterocycles. The summed E-state index contributed by atoms with van der Waals surface area (Å²) in [5.74, 6) is 0. The van der Waals surface area contributed by atoms with Gasteiger partial charge in [-0.1, -0.05) is 98.8 Å². The van der Waals surface area contributed by atoms with Crippen LogP contribution >= 0.6 is 0 Å². The molecular formula is C45H32N4. The summed E-state index contributed by atoms with van der Waals surface area (Å²) in [6, 6.07) is 53.9. The van der Waals surface area contributed by atoms with E-state index in [1.54, 1.807) is 0 Å². The molecule has 0 saturated carbocycles. The summed E-state index contributed by atoms with van der Waals surface area (Å²) >= 11 is 0. The summed E-state index contributed by atoms with van der Waals surface area (Å²) < 4.78 is 2.37. The van der Waals surface area contributed by atoms with E-state index in [0.29, 0.717) is 5.56 Å². The molecule has 232 valence electrons. The monoisotopic (exact) mass is 628 g/mol. The third kappa shape index (κ3) is 4.55.